The number of amides is 1. The predicted octanol–water partition coefficient (Wildman–Crippen LogP) is 7.26. The maximum absolute atomic E-state index is 13.1. The van der Waals surface area contributed by atoms with E-state index >= 15 is 0 Å². The lowest BCUT2D eigenvalue weighted by atomic mass is 10.1. The van der Waals surface area contributed by atoms with Crippen LogP contribution in [0.15, 0.2) is 72.9 Å². The van der Waals surface area contributed by atoms with Gasteiger partial charge in [0.1, 0.15) is 5.75 Å². The second-order valence-corrected chi connectivity index (χ2v) is 11.1. The second kappa shape index (κ2) is 13.0. The number of aryl methyl sites for hydroxylation is 2. The molecule has 0 bridgehead atoms. The van der Waals surface area contributed by atoms with Gasteiger partial charge in [0.2, 0.25) is 5.95 Å². The molecule has 1 saturated heterocycles. The number of alkyl halides is 3. The molecule has 4 aromatic rings. The van der Waals surface area contributed by atoms with E-state index in [2.05, 4.69) is 50.2 Å². The fourth-order valence-corrected chi connectivity index (χ4v) is 5.21. The summed E-state index contributed by atoms with van der Waals surface area (Å²) in [6, 6.07) is 18.6. The minimum absolute atomic E-state index is 0.183. The van der Waals surface area contributed by atoms with Gasteiger partial charge in [0.15, 0.2) is 0 Å². The molecule has 2 N–H and O–H groups in total. The van der Waals surface area contributed by atoms with Gasteiger partial charge in [0, 0.05) is 48.3 Å². The summed E-state index contributed by atoms with van der Waals surface area (Å²) < 4.78 is 47.3. The van der Waals surface area contributed by atoms with Crippen LogP contribution in [0.4, 0.5) is 30.5 Å². The number of ether oxygens (including phenoxy) is 2. The molecule has 1 amide bonds. The van der Waals surface area contributed by atoms with Crippen molar-refractivity contribution >= 4 is 23.2 Å². The number of aromatic nitrogens is 2. The third-order valence-corrected chi connectivity index (χ3v) is 7.19. The molecule has 11 heteroatoms. The monoisotopic (exact) mass is 605 g/mol. The lowest BCUT2D eigenvalue weighted by molar-refractivity contribution is -0.274. The zero-order valence-electron chi connectivity index (χ0n) is 24.9. The second-order valence-electron chi connectivity index (χ2n) is 11.1. The lowest BCUT2D eigenvalue weighted by Crippen LogP contribution is -2.44. The fraction of sp³-hybridized carbons (Fsp3) is 0.303. The van der Waals surface area contributed by atoms with Crippen molar-refractivity contribution in [1.82, 2.24) is 14.9 Å². The number of nitrogens with zero attached hydrogens (tertiary/aromatic N) is 3. The van der Waals surface area contributed by atoms with E-state index in [0.717, 1.165) is 42.0 Å². The van der Waals surface area contributed by atoms with Crippen molar-refractivity contribution in [3.05, 3.63) is 95.2 Å². The molecular formula is C33H34F3N5O3. The van der Waals surface area contributed by atoms with Crippen molar-refractivity contribution in [1.29, 1.82) is 0 Å². The smallest absolute Gasteiger partial charge is 0.406 e. The van der Waals surface area contributed by atoms with Gasteiger partial charge in [0.05, 0.1) is 17.9 Å². The van der Waals surface area contributed by atoms with Crippen LogP contribution >= 0.6 is 0 Å². The van der Waals surface area contributed by atoms with Gasteiger partial charge in [-0.1, -0.05) is 12.1 Å². The van der Waals surface area contributed by atoms with E-state index in [4.69, 9.17) is 4.74 Å². The number of nitrogens with one attached hydrogen (secondary N) is 2. The van der Waals surface area contributed by atoms with Crippen LogP contribution in [-0.4, -0.2) is 52.4 Å². The molecule has 1 aliphatic heterocycles. The summed E-state index contributed by atoms with van der Waals surface area (Å²) in [5.41, 5.74) is 5.94. The zero-order chi connectivity index (χ0) is 31.4. The number of morpholine rings is 1. The van der Waals surface area contributed by atoms with E-state index in [1.54, 1.807) is 30.5 Å². The van der Waals surface area contributed by atoms with Gasteiger partial charge >= 0.3 is 6.36 Å². The fourth-order valence-electron chi connectivity index (χ4n) is 5.21. The normalized spacial score (nSPS) is 17.2. The Balaban J connectivity index is 1.23. The molecule has 0 radical (unpaired) electrons. The Morgan fingerprint density at radius 1 is 0.977 bits per heavy atom. The molecule has 230 valence electrons. The Kier molecular flexibility index (Phi) is 9.17. The molecule has 2 atom stereocenters. The molecule has 8 nitrogen and oxygen atoms in total. The summed E-state index contributed by atoms with van der Waals surface area (Å²) in [7, 11) is 0. The van der Waals surface area contributed by atoms with Gasteiger partial charge in [-0.15, -0.1) is 13.2 Å². The Bertz CT molecular complexity index is 1600. The first-order valence-corrected chi connectivity index (χ1v) is 14.3. The van der Waals surface area contributed by atoms with Gasteiger partial charge in [-0.2, -0.15) is 0 Å². The molecule has 2 heterocycles. The van der Waals surface area contributed by atoms with Crippen molar-refractivity contribution in [3.63, 3.8) is 0 Å². The van der Waals surface area contributed by atoms with Crippen molar-refractivity contribution in [3.8, 4) is 17.0 Å². The van der Waals surface area contributed by atoms with Gasteiger partial charge in [-0.3, -0.25) is 9.69 Å². The minimum atomic E-state index is -4.76. The van der Waals surface area contributed by atoms with Crippen molar-refractivity contribution in [2.24, 2.45) is 0 Å². The number of hydrogen-bond donors (Lipinski definition) is 2. The summed E-state index contributed by atoms with van der Waals surface area (Å²) in [5.74, 6) is -0.234. The quantitative estimate of drug-likeness (QED) is 0.219. The molecule has 1 aliphatic rings. The number of anilines is 3. The van der Waals surface area contributed by atoms with Crippen LogP contribution in [0.25, 0.3) is 11.3 Å². The molecule has 1 fully saturated rings. The van der Waals surface area contributed by atoms with Crippen LogP contribution in [0.5, 0.6) is 5.75 Å². The zero-order valence-corrected chi connectivity index (χ0v) is 24.9. The SMILES string of the molecule is Cc1ccc(CN2C[C@@H](C)O[C@@H](C)C2)cc1NC(=O)c1ccc(Nc2ncc(C)c(-c3ccc(OC(F)(F)F)cc3)n2)cc1. The van der Waals surface area contributed by atoms with Crippen LogP contribution in [0.3, 0.4) is 0 Å². The number of rotatable bonds is 8. The van der Waals surface area contributed by atoms with Gasteiger partial charge in [0.25, 0.3) is 5.91 Å². The Labute approximate surface area is 254 Å². The highest BCUT2D eigenvalue weighted by Gasteiger charge is 2.31. The lowest BCUT2D eigenvalue weighted by Gasteiger charge is -2.35. The highest BCUT2D eigenvalue weighted by atomic mass is 19.4. The third-order valence-electron chi connectivity index (χ3n) is 7.19. The van der Waals surface area contributed by atoms with E-state index in [0.29, 0.717) is 28.5 Å². The van der Waals surface area contributed by atoms with Gasteiger partial charge in [-0.25, -0.2) is 9.97 Å². The average molecular weight is 606 g/mol. The van der Waals surface area contributed by atoms with Crippen molar-refractivity contribution in [2.45, 2.75) is 52.8 Å². The molecule has 0 aliphatic carbocycles. The van der Waals surface area contributed by atoms with Crippen LogP contribution in [0, 0.1) is 13.8 Å². The number of hydrogen-bond acceptors (Lipinski definition) is 7. The molecule has 5 rings (SSSR count). The molecule has 0 spiro atoms. The largest absolute Gasteiger partial charge is 0.573 e. The summed E-state index contributed by atoms with van der Waals surface area (Å²) in [6.45, 7) is 10.4. The molecule has 1 aromatic heterocycles. The maximum Gasteiger partial charge on any atom is 0.573 e. The number of halogens is 3. The topological polar surface area (TPSA) is 88.6 Å². The first-order chi connectivity index (χ1) is 20.9. The first-order valence-electron chi connectivity index (χ1n) is 14.3. The highest BCUT2D eigenvalue weighted by molar-refractivity contribution is 6.04. The molecular weight excluding hydrogens is 571 g/mol. The minimum Gasteiger partial charge on any atom is -0.406 e. The maximum atomic E-state index is 13.1. The highest BCUT2D eigenvalue weighted by Crippen LogP contribution is 2.28. The van der Waals surface area contributed by atoms with Crippen LogP contribution < -0.4 is 15.4 Å². The Morgan fingerprint density at radius 3 is 2.32 bits per heavy atom. The number of carbonyl (C=O) groups excluding carboxylic acids is 1. The van der Waals surface area contributed by atoms with E-state index in [1.165, 1.54) is 24.3 Å². The first kappa shape index (κ1) is 31.0. The Hall–Kier alpha value is -4.48. The summed E-state index contributed by atoms with van der Waals surface area (Å²) in [6.07, 6.45) is -2.76. The summed E-state index contributed by atoms with van der Waals surface area (Å²) in [5, 5.41) is 6.16. The van der Waals surface area contributed by atoms with Crippen LogP contribution in [0.1, 0.15) is 40.9 Å². The van der Waals surface area contributed by atoms with E-state index < -0.39 is 6.36 Å². The molecule has 44 heavy (non-hydrogen) atoms. The van der Waals surface area contributed by atoms with Crippen molar-refractivity contribution in [2.75, 3.05) is 23.7 Å². The van der Waals surface area contributed by atoms with E-state index in [1.807, 2.05) is 26.0 Å². The van der Waals surface area contributed by atoms with Crippen LogP contribution in [-0.2, 0) is 11.3 Å². The Morgan fingerprint density at radius 2 is 1.66 bits per heavy atom. The van der Waals surface area contributed by atoms with E-state index in [-0.39, 0.29) is 23.9 Å². The van der Waals surface area contributed by atoms with E-state index in [9.17, 15) is 18.0 Å². The van der Waals surface area contributed by atoms with Crippen LogP contribution in [0.2, 0.25) is 0 Å². The predicted molar refractivity (Wildman–Crippen MR) is 163 cm³/mol. The average Bonchev–Trinajstić information content (AvgIpc) is 2.95. The molecule has 0 saturated carbocycles. The molecule has 3 aromatic carbocycles. The van der Waals surface area contributed by atoms with Gasteiger partial charge in [-0.05, 0) is 99.0 Å². The summed E-state index contributed by atoms with van der Waals surface area (Å²) >= 11 is 0. The number of benzene rings is 3. The van der Waals surface area contributed by atoms with Crippen molar-refractivity contribution < 1.29 is 27.4 Å². The summed E-state index contributed by atoms with van der Waals surface area (Å²) in [4.78, 5) is 24.3. The third kappa shape index (κ3) is 8.12. The molecule has 0 unspecified atom stereocenters. The number of carbonyl (C=O) groups is 1. The standard InChI is InChI=1S/C33H34F3N5O3/c1-20-5-6-24(19-41-17-22(3)43-23(4)18-41)15-29(20)39-31(42)26-7-11-27(12-8-26)38-32-37-16-21(2)30(40-32)25-9-13-28(14-10-25)44-33(34,35)36/h5-16,22-23H,17-19H2,1-4H3,(H,39,42)(H,37,38,40)/t22-,23+. The van der Waals surface area contributed by atoms with Gasteiger partial charge < -0.3 is 20.1 Å².